The Hall–Kier alpha value is -2.55. The summed E-state index contributed by atoms with van der Waals surface area (Å²) in [5.41, 5.74) is 10.3. The largest absolute Gasteiger partial charge is 0.256 e. The van der Waals surface area contributed by atoms with Gasteiger partial charge in [0.05, 0.1) is 5.69 Å². The molecule has 1 atom stereocenters. The molecule has 3 fully saturated rings. The number of benzene rings is 2. The molecule has 7 rings (SSSR count). The minimum Gasteiger partial charge on any atom is -0.256 e. The van der Waals surface area contributed by atoms with Gasteiger partial charge < -0.3 is 0 Å². The average molecular weight is 484 g/mol. The zero-order valence-electron chi connectivity index (χ0n) is 21.3. The molecule has 1 nitrogen and oxygen atoms in total. The minimum atomic E-state index is -2.53. The Morgan fingerprint density at radius 2 is 1.56 bits per heavy atom. The first-order chi connectivity index (χ1) is 17.5. The zero-order chi connectivity index (χ0) is 24.4. The molecule has 0 radical (unpaired) electrons. The lowest BCUT2D eigenvalue weighted by Crippen LogP contribution is -2.09. The molecule has 2 aromatic carbocycles. The van der Waals surface area contributed by atoms with Crippen LogP contribution >= 0.6 is 0 Å². The van der Waals surface area contributed by atoms with Gasteiger partial charge in [-0.15, -0.1) is 0 Å². The zero-order valence-corrected chi connectivity index (χ0v) is 21.3. The Balaban J connectivity index is 1.36. The van der Waals surface area contributed by atoms with Gasteiger partial charge in [0.2, 0.25) is 5.92 Å². The number of halogens is 2. The van der Waals surface area contributed by atoms with E-state index in [-0.39, 0.29) is 18.8 Å². The Kier molecular flexibility index (Phi) is 5.34. The van der Waals surface area contributed by atoms with Crippen molar-refractivity contribution in [1.82, 2.24) is 4.98 Å². The van der Waals surface area contributed by atoms with Crippen LogP contribution in [-0.2, 0) is 0 Å². The van der Waals surface area contributed by atoms with Gasteiger partial charge in [-0.25, -0.2) is 8.78 Å². The molecule has 1 heterocycles. The number of alkyl halides is 2. The molecule has 0 amide bonds. The number of aromatic nitrogens is 1. The quantitative estimate of drug-likeness (QED) is 0.281. The van der Waals surface area contributed by atoms with Crippen LogP contribution < -0.4 is 0 Å². The minimum absolute atomic E-state index is 0.00478. The third kappa shape index (κ3) is 3.73. The SMILES string of the molecule is Cc1c(C2=Cc3cc(C4CCC(F)(F)C4)cc4ccnc2c34)cc(C2CCCC2)cc1C1CCCC1. The lowest BCUT2D eigenvalue weighted by molar-refractivity contribution is 0.00777. The fourth-order valence-electron chi connectivity index (χ4n) is 7.79. The summed E-state index contributed by atoms with van der Waals surface area (Å²) < 4.78 is 28.0. The average Bonchev–Trinajstić information content (AvgIpc) is 3.67. The van der Waals surface area contributed by atoms with Crippen molar-refractivity contribution < 1.29 is 8.78 Å². The van der Waals surface area contributed by atoms with E-state index >= 15 is 0 Å². The molecule has 0 aliphatic heterocycles. The molecule has 0 spiro atoms. The van der Waals surface area contributed by atoms with Gasteiger partial charge in [0, 0.05) is 30.0 Å². The van der Waals surface area contributed by atoms with Crippen LogP contribution in [0.3, 0.4) is 0 Å². The number of rotatable bonds is 4. The third-order valence-corrected chi connectivity index (χ3v) is 9.73. The Bertz CT molecular complexity index is 1370. The van der Waals surface area contributed by atoms with E-state index in [1.54, 1.807) is 5.56 Å². The maximum Gasteiger partial charge on any atom is 0.248 e. The van der Waals surface area contributed by atoms with E-state index in [4.69, 9.17) is 4.98 Å². The van der Waals surface area contributed by atoms with Crippen molar-refractivity contribution >= 4 is 22.4 Å². The van der Waals surface area contributed by atoms with Crippen LogP contribution in [0.25, 0.3) is 22.4 Å². The first-order valence-electron chi connectivity index (χ1n) is 14.1. The van der Waals surface area contributed by atoms with Gasteiger partial charge in [0.1, 0.15) is 0 Å². The summed E-state index contributed by atoms with van der Waals surface area (Å²) in [5.74, 6) is -1.24. The molecule has 4 aliphatic carbocycles. The first kappa shape index (κ1) is 22.6. The molecule has 1 unspecified atom stereocenters. The van der Waals surface area contributed by atoms with Crippen molar-refractivity contribution in [2.45, 2.75) is 101 Å². The van der Waals surface area contributed by atoms with Gasteiger partial charge in [-0.1, -0.05) is 49.9 Å². The molecule has 1 aromatic heterocycles. The third-order valence-electron chi connectivity index (χ3n) is 9.73. The van der Waals surface area contributed by atoms with Crippen molar-refractivity contribution in [2.24, 2.45) is 0 Å². The van der Waals surface area contributed by atoms with Gasteiger partial charge in [-0.05, 0) is 108 Å². The van der Waals surface area contributed by atoms with Crippen molar-refractivity contribution in [3.05, 3.63) is 75.6 Å². The second-order valence-electron chi connectivity index (χ2n) is 12.0. The fourth-order valence-corrected chi connectivity index (χ4v) is 7.79. The van der Waals surface area contributed by atoms with Gasteiger partial charge in [0.25, 0.3) is 0 Å². The van der Waals surface area contributed by atoms with E-state index in [0.29, 0.717) is 18.3 Å². The van der Waals surface area contributed by atoms with Crippen LogP contribution in [0.2, 0.25) is 0 Å². The standard InChI is InChI=1S/C33H35F2N/c1-20-28(22-8-4-5-9-22)16-26(21-6-2-3-7-21)17-29(20)30-18-27-15-25(24-10-12-33(34,35)19-24)14-23-11-13-36-32(30)31(23)27/h11,13-18,21-22,24H,2-10,12,19H2,1H3. The van der Waals surface area contributed by atoms with Gasteiger partial charge in [0.15, 0.2) is 0 Å². The molecule has 36 heavy (non-hydrogen) atoms. The van der Waals surface area contributed by atoms with E-state index in [2.05, 4.69) is 43.3 Å². The Morgan fingerprint density at radius 3 is 2.28 bits per heavy atom. The maximum atomic E-state index is 14.0. The summed E-state index contributed by atoms with van der Waals surface area (Å²) in [6.07, 6.45) is 15.3. The Morgan fingerprint density at radius 1 is 0.833 bits per heavy atom. The lowest BCUT2D eigenvalue weighted by Gasteiger charge is -2.22. The highest BCUT2D eigenvalue weighted by Gasteiger charge is 2.40. The number of nitrogens with zero attached hydrogens (tertiary/aromatic N) is 1. The van der Waals surface area contributed by atoms with Gasteiger partial charge in [-0.2, -0.15) is 0 Å². The normalized spacial score (nSPS) is 23.8. The van der Waals surface area contributed by atoms with Crippen LogP contribution in [0.1, 0.15) is 127 Å². The molecule has 3 saturated carbocycles. The molecule has 0 saturated heterocycles. The number of hydrogen-bond donors (Lipinski definition) is 0. The van der Waals surface area contributed by atoms with Crippen LogP contribution in [0.5, 0.6) is 0 Å². The van der Waals surface area contributed by atoms with Gasteiger partial charge in [-0.3, -0.25) is 4.98 Å². The highest BCUT2D eigenvalue weighted by Crippen LogP contribution is 2.48. The summed E-state index contributed by atoms with van der Waals surface area (Å²) in [4.78, 5) is 4.89. The molecule has 0 bridgehead atoms. The fraction of sp³-hybridized carbons (Fsp3) is 0.485. The summed E-state index contributed by atoms with van der Waals surface area (Å²) in [6.45, 7) is 2.32. The van der Waals surface area contributed by atoms with E-state index in [0.717, 1.165) is 22.2 Å². The summed E-state index contributed by atoms with van der Waals surface area (Å²) >= 11 is 0. The molecular formula is C33H35F2N. The van der Waals surface area contributed by atoms with Gasteiger partial charge >= 0.3 is 0 Å². The number of pyridine rings is 1. The molecule has 3 aromatic rings. The summed E-state index contributed by atoms with van der Waals surface area (Å²) in [5, 5.41) is 2.32. The van der Waals surface area contributed by atoms with E-state index in [1.807, 2.05) is 6.20 Å². The van der Waals surface area contributed by atoms with E-state index in [9.17, 15) is 8.78 Å². The summed E-state index contributed by atoms with van der Waals surface area (Å²) in [7, 11) is 0. The number of hydrogen-bond acceptors (Lipinski definition) is 1. The van der Waals surface area contributed by atoms with Crippen molar-refractivity contribution in [2.75, 3.05) is 0 Å². The van der Waals surface area contributed by atoms with Crippen LogP contribution in [0, 0.1) is 6.92 Å². The molecular weight excluding hydrogens is 448 g/mol. The van der Waals surface area contributed by atoms with Crippen molar-refractivity contribution in [3.63, 3.8) is 0 Å². The van der Waals surface area contributed by atoms with Crippen molar-refractivity contribution in [3.8, 4) is 0 Å². The predicted octanol–water partition coefficient (Wildman–Crippen LogP) is 9.66. The Labute approximate surface area is 213 Å². The second-order valence-corrected chi connectivity index (χ2v) is 12.0. The monoisotopic (exact) mass is 483 g/mol. The van der Waals surface area contributed by atoms with Crippen LogP contribution in [-0.4, -0.2) is 10.9 Å². The van der Waals surface area contributed by atoms with E-state index < -0.39 is 5.92 Å². The van der Waals surface area contributed by atoms with E-state index in [1.165, 1.54) is 79.0 Å². The van der Waals surface area contributed by atoms with Crippen LogP contribution in [0.15, 0.2) is 36.5 Å². The molecule has 0 N–H and O–H groups in total. The molecule has 4 aliphatic rings. The molecule has 3 heteroatoms. The maximum absolute atomic E-state index is 14.0. The smallest absolute Gasteiger partial charge is 0.248 e. The first-order valence-corrected chi connectivity index (χ1v) is 14.1. The summed E-state index contributed by atoms with van der Waals surface area (Å²) in [6, 6.07) is 11.4. The van der Waals surface area contributed by atoms with Crippen molar-refractivity contribution in [1.29, 1.82) is 0 Å². The topological polar surface area (TPSA) is 12.9 Å². The highest BCUT2D eigenvalue weighted by molar-refractivity contribution is 6.12. The lowest BCUT2D eigenvalue weighted by atomic mass is 9.83. The predicted molar refractivity (Wildman–Crippen MR) is 144 cm³/mol. The second kappa shape index (κ2) is 8.50. The highest BCUT2D eigenvalue weighted by atomic mass is 19.3. The van der Waals surface area contributed by atoms with Crippen LogP contribution in [0.4, 0.5) is 8.78 Å². The molecule has 186 valence electrons.